The number of hydrogen-bond acceptors (Lipinski definition) is 5. The van der Waals surface area contributed by atoms with Crippen molar-refractivity contribution in [2.45, 2.75) is 38.9 Å². The van der Waals surface area contributed by atoms with E-state index in [1.807, 2.05) is 75.4 Å². The zero-order valence-corrected chi connectivity index (χ0v) is 21.0. The predicted molar refractivity (Wildman–Crippen MR) is 136 cm³/mol. The summed E-state index contributed by atoms with van der Waals surface area (Å²) in [6, 6.07) is 19.4. The first-order valence-electron chi connectivity index (χ1n) is 10.5. The highest BCUT2D eigenvalue weighted by Gasteiger charge is 2.21. The highest BCUT2D eigenvalue weighted by molar-refractivity contribution is 7.59. The third-order valence-corrected chi connectivity index (χ3v) is 4.84. The van der Waals surface area contributed by atoms with Crippen LogP contribution < -0.4 is 4.74 Å². The van der Waals surface area contributed by atoms with Gasteiger partial charge in [0.15, 0.2) is 0 Å². The Morgan fingerprint density at radius 2 is 1.73 bits per heavy atom. The number of nitrogens with zero attached hydrogens (tertiary/aromatic N) is 3. The van der Waals surface area contributed by atoms with E-state index in [1.54, 1.807) is 24.2 Å². The normalized spacial score (nSPS) is 11.8. The standard InChI is InChI=1S/C25H28ClN3O3.H2S/c1-25(2,3)32-24(30)29(4)17-15-22(19-8-6-5-7-9-19)31-20-12-10-18(11-13-20)21-14-16-27-23(26)28-21;/h5-14,16,22H,15,17H2,1-4H3;1H2/t22-;/m0./s1. The number of amides is 1. The van der Waals surface area contributed by atoms with Gasteiger partial charge in [0.1, 0.15) is 17.5 Å². The minimum atomic E-state index is -0.531. The second-order valence-electron chi connectivity index (χ2n) is 8.44. The van der Waals surface area contributed by atoms with Crippen molar-refractivity contribution < 1.29 is 14.3 Å². The first kappa shape index (κ1) is 26.5. The van der Waals surface area contributed by atoms with Crippen LogP contribution in [0.1, 0.15) is 38.9 Å². The van der Waals surface area contributed by atoms with Crippen molar-refractivity contribution in [2.24, 2.45) is 0 Å². The van der Waals surface area contributed by atoms with Crippen molar-refractivity contribution in [3.05, 3.63) is 77.7 Å². The molecule has 0 radical (unpaired) electrons. The Morgan fingerprint density at radius 3 is 2.33 bits per heavy atom. The van der Waals surface area contributed by atoms with E-state index in [-0.39, 0.29) is 31.0 Å². The molecule has 2 aromatic carbocycles. The summed E-state index contributed by atoms with van der Waals surface area (Å²) in [4.78, 5) is 22.0. The molecule has 1 amide bonds. The van der Waals surface area contributed by atoms with E-state index < -0.39 is 5.60 Å². The SMILES string of the molecule is CN(CC[C@H](Oc1ccc(-c2ccnc(Cl)n2)cc1)c1ccccc1)C(=O)OC(C)(C)C.S. The number of carbonyl (C=O) groups excluding carboxylic acids is 1. The third-order valence-electron chi connectivity index (χ3n) is 4.66. The van der Waals surface area contributed by atoms with Crippen LogP contribution in [0.2, 0.25) is 5.28 Å². The van der Waals surface area contributed by atoms with Gasteiger partial charge >= 0.3 is 6.09 Å². The molecular formula is C25H30ClN3O3S. The summed E-state index contributed by atoms with van der Waals surface area (Å²) < 4.78 is 11.8. The molecule has 1 heterocycles. The predicted octanol–water partition coefficient (Wildman–Crippen LogP) is 6.29. The van der Waals surface area contributed by atoms with Gasteiger partial charge in [-0.3, -0.25) is 0 Å². The summed E-state index contributed by atoms with van der Waals surface area (Å²) in [6.07, 6.45) is 1.67. The number of aromatic nitrogens is 2. The minimum Gasteiger partial charge on any atom is -0.486 e. The van der Waals surface area contributed by atoms with Crippen molar-refractivity contribution in [3.8, 4) is 17.0 Å². The van der Waals surface area contributed by atoms with Crippen LogP contribution in [-0.2, 0) is 4.74 Å². The molecule has 0 bridgehead atoms. The number of halogens is 1. The smallest absolute Gasteiger partial charge is 0.410 e. The summed E-state index contributed by atoms with van der Waals surface area (Å²) >= 11 is 5.90. The van der Waals surface area contributed by atoms with E-state index in [1.165, 1.54) is 0 Å². The van der Waals surface area contributed by atoms with Crippen LogP contribution in [0, 0.1) is 0 Å². The lowest BCUT2D eigenvalue weighted by molar-refractivity contribution is 0.0278. The van der Waals surface area contributed by atoms with Crippen LogP contribution in [0.4, 0.5) is 4.79 Å². The average molecular weight is 488 g/mol. The highest BCUT2D eigenvalue weighted by Crippen LogP contribution is 2.27. The number of rotatable bonds is 7. The van der Waals surface area contributed by atoms with E-state index in [9.17, 15) is 4.79 Å². The van der Waals surface area contributed by atoms with Crippen molar-refractivity contribution >= 4 is 31.2 Å². The Kier molecular flexibility index (Phi) is 9.56. The molecule has 0 aliphatic carbocycles. The second kappa shape index (κ2) is 11.9. The van der Waals surface area contributed by atoms with Crippen LogP contribution in [-0.4, -0.2) is 40.2 Å². The molecule has 0 saturated carbocycles. The second-order valence-corrected chi connectivity index (χ2v) is 8.78. The molecule has 6 nitrogen and oxygen atoms in total. The molecule has 0 saturated heterocycles. The zero-order valence-electron chi connectivity index (χ0n) is 19.3. The number of benzene rings is 2. The van der Waals surface area contributed by atoms with Gasteiger partial charge in [-0.05, 0) is 68.3 Å². The van der Waals surface area contributed by atoms with Gasteiger partial charge in [-0.2, -0.15) is 13.5 Å². The maximum atomic E-state index is 12.3. The molecular weight excluding hydrogens is 458 g/mol. The van der Waals surface area contributed by atoms with Gasteiger partial charge in [-0.1, -0.05) is 30.3 Å². The fourth-order valence-corrected chi connectivity index (χ4v) is 3.21. The molecule has 0 unspecified atom stereocenters. The molecule has 0 spiro atoms. The van der Waals surface area contributed by atoms with Crippen molar-refractivity contribution in [1.82, 2.24) is 14.9 Å². The fraction of sp³-hybridized carbons (Fsp3) is 0.320. The van der Waals surface area contributed by atoms with E-state index in [0.29, 0.717) is 13.0 Å². The molecule has 0 N–H and O–H groups in total. The Hall–Kier alpha value is -2.77. The lowest BCUT2D eigenvalue weighted by Gasteiger charge is -2.26. The molecule has 3 aromatic rings. The van der Waals surface area contributed by atoms with Crippen molar-refractivity contribution in [3.63, 3.8) is 0 Å². The fourth-order valence-electron chi connectivity index (χ4n) is 3.07. The van der Waals surface area contributed by atoms with Gasteiger partial charge in [0.2, 0.25) is 5.28 Å². The topological polar surface area (TPSA) is 64.5 Å². The summed E-state index contributed by atoms with van der Waals surface area (Å²) in [5.74, 6) is 0.725. The Labute approximate surface area is 207 Å². The molecule has 0 fully saturated rings. The quantitative estimate of drug-likeness (QED) is 0.366. The van der Waals surface area contributed by atoms with E-state index in [4.69, 9.17) is 21.1 Å². The number of ether oxygens (including phenoxy) is 2. The Balaban J connectivity index is 0.00000385. The first-order valence-corrected chi connectivity index (χ1v) is 10.8. The number of carbonyl (C=O) groups is 1. The largest absolute Gasteiger partial charge is 0.486 e. The molecule has 0 aliphatic heterocycles. The van der Waals surface area contributed by atoms with E-state index in [0.717, 1.165) is 22.6 Å². The third kappa shape index (κ3) is 8.26. The molecule has 3 rings (SSSR count). The monoisotopic (exact) mass is 487 g/mol. The van der Waals surface area contributed by atoms with E-state index >= 15 is 0 Å². The Bertz CT molecular complexity index is 1030. The van der Waals surface area contributed by atoms with Gasteiger partial charge in [0, 0.05) is 31.8 Å². The summed E-state index contributed by atoms with van der Waals surface area (Å²) in [6.45, 7) is 6.06. The van der Waals surface area contributed by atoms with Crippen LogP contribution >= 0.6 is 25.1 Å². The lowest BCUT2D eigenvalue weighted by atomic mass is 10.1. The molecule has 33 heavy (non-hydrogen) atoms. The van der Waals surface area contributed by atoms with E-state index in [2.05, 4.69) is 9.97 Å². The van der Waals surface area contributed by atoms with Gasteiger partial charge < -0.3 is 14.4 Å². The van der Waals surface area contributed by atoms with Crippen molar-refractivity contribution in [2.75, 3.05) is 13.6 Å². The lowest BCUT2D eigenvalue weighted by Crippen LogP contribution is -2.35. The van der Waals surface area contributed by atoms with Crippen LogP contribution in [0.5, 0.6) is 5.75 Å². The Morgan fingerprint density at radius 1 is 1.06 bits per heavy atom. The van der Waals surface area contributed by atoms with Crippen LogP contribution in [0.15, 0.2) is 66.9 Å². The molecule has 1 atom stereocenters. The highest BCUT2D eigenvalue weighted by atomic mass is 35.5. The van der Waals surface area contributed by atoms with Crippen LogP contribution in [0.3, 0.4) is 0 Å². The molecule has 8 heteroatoms. The van der Waals surface area contributed by atoms with Gasteiger partial charge in [0.05, 0.1) is 5.69 Å². The minimum absolute atomic E-state index is 0. The van der Waals surface area contributed by atoms with Crippen LogP contribution in [0.25, 0.3) is 11.3 Å². The maximum absolute atomic E-state index is 12.3. The zero-order chi connectivity index (χ0) is 23.1. The first-order chi connectivity index (χ1) is 15.2. The maximum Gasteiger partial charge on any atom is 0.410 e. The molecule has 176 valence electrons. The molecule has 1 aromatic heterocycles. The van der Waals surface area contributed by atoms with Crippen molar-refractivity contribution in [1.29, 1.82) is 0 Å². The number of hydrogen-bond donors (Lipinski definition) is 0. The molecule has 0 aliphatic rings. The van der Waals surface area contributed by atoms with Gasteiger partial charge in [0.25, 0.3) is 0 Å². The van der Waals surface area contributed by atoms with Gasteiger partial charge in [-0.15, -0.1) is 0 Å². The van der Waals surface area contributed by atoms with Gasteiger partial charge in [-0.25, -0.2) is 14.8 Å². The summed E-state index contributed by atoms with van der Waals surface area (Å²) in [7, 11) is 1.73. The summed E-state index contributed by atoms with van der Waals surface area (Å²) in [5, 5.41) is 0.209. The summed E-state index contributed by atoms with van der Waals surface area (Å²) in [5.41, 5.74) is 2.17. The average Bonchev–Trinajstić information content (AvgIpc) is 2.76.